The number of hydrazone groups is 1. The number of rotatable bonds is 8. The van der Waals surface area contributed by atoms with Gasteiger partial charge in [-0.1, -0.05) is 24.3 Å². The van der Waals surface area contributed by atoms with Crippen LogP contribution in [0.1, 0.15) is 27.0 Å². The van der Waals surface area contributed by atoms with E-state index >= 15 is 0 Å². The van der Waals surface area contributed by atoms with Crippen LogP contribution in [0.2, 0.25) is 0 Å². The minimum atomic E-state index is -0.302. The number of anilines is 1. The highest BCUT2D eigenvalue weighted by molar-refractivity contribution is 5.95. The van der Waals surface area contributed by atoms with Gasteiger partial charge in [0.15, 0.2) is 18.1 Å². The molecule has 0 saturated heterocycles. The van der Waals surface area contributed by atoms with Crippen LogP contribution in [0.25, 0.3) is 0 Å². The number of hydrogen-bond acceptors (Lipinski definition) is 5. The second kappa shape index (κ2) is 10.8. The van der Waals surface area contributed by atoms with E-state index in [1.807, 2.05) is 38.1 Å². The van der Waals surface area contributed by atoms with Crippen LogP contribution < -0.4 is 20.2 Å². The summed E-state index contributed by atoms with van der Waals surface area (Å²) in [4.78, 5) is 24.3. The van der Waals surface area contributed by atoms with Crippen LogP contribution in [0, 0.1) is 13.8 Å². The zero-order valence-corrected chi connectivity index (χ0v) is 18.2. The van der Waals surface area contributed by atoms with Crippen LogP contribution in [0.5, 0.6) is 11.5 Å². The van der Waals surface area contributed by atoms with Crippen molar-refractivity contribution in [3.8, 4) is 11.5 Å². The maximum Gasteiger partial charge on any atom is 0.271 e. The van der Waals surface area contributed by atoms with Gasteiger partial charge < -0.3 is 14.8 Å². The summed E-state index contributed by atoms with van der Waals surface area (Å²) in [6.45, 7) is 3.84. The van der Waals surface area contributed by atoms with E-state index in [9.17, 15) is 9.59 Å². The molecule has 0 bridgehead atoms. The van der Waals surface area contributed by atoms with E-state index in [0.717, 1.165) is 16.8 Å². The number of nitrogens with one attached hydrogen (secondary N) is 2. The molecule has 2 N–H and O–H groups in total. The lowest BCUT2D eigenvalue weighted by Gasteiger charge is -2.12. The number of nitrogens with zero attached hydrogens (tertiary/aromatic N) is 1. The van der Waals surface area contributed by atoms with Gasteiger partial charge in [0.25, 0.3) is 11.8 Å². The van der Waals surface area contributed by atoms with E-state index in [1.54, 1.807) is 42.5 Å². The molecule has 164 valence electrons. The first-order valence-electron chi connectivity index (χ1n) is 10.0. The number of carbonyl (C=O) groups is 2. The quantitative estimate of drug-likeness (QED) is 0.415. The molecule has 32 heavy (non-hydrogen) atoms. The first kappa shape index (κ1) is 22.6. The number of benzene rings is 3. The molecule has 0 aliphatic carbocycles. The Morgan fingerprint density at radius 1 is 0.938 bits per heavy atom. The summed E-state index contributed by atoms with van der Waals surface area (Å²) in [6, 6.07) is 19.7. The minimum Gasteiger partial charge on any atom is -0.493 e. The molecule has 0 unspecified atom stereocenters. The normalized spacial score (nSPS) is 10.6. The van der Waals surface area contributed by atoms with Crippen molar-refractivity contribution in [2.45, 2.75) is 13.8 Å². The van der Waals surface area contributed by atoms with E-state index in [1.165, 1.54) is 13.3 Å². The topological polar surface area (TPSA) is 89.0 Å². The molecule has 0 aliphatic heterocycles. The maximum absolute atomic E-state index is 12.2. The molecule has 7 nitrogen and oxygen atoms in total. The largest absolute Gasteiger partial charge is 0.493 e. The lowest BCUT2D eigenvalue weighted by atomic mass is 10.1. The number of amides is 2. The standard InChI is InChI=1S/C25H25N3O4/c1-17-9-11-21(13-18(17)2)27-24(29)16-32-22-12-10-19(14-23(22)31-3)15-26-28-25(30)20-7-5-4-6-8-20/h4-15H,16H2,1-3H3,(H,27,29)(H,28,30)/b26-15+. The zero-order valence-electron chi connectivity index (χ0n) is 18.2. The van der Waals surface area contributed by atoms with Gasteiger partial charge in [-0.3, -0.25) is 9.59 Å². The molecule has 0 saturated carbocycles. The van der Waals surface area contributed by atoms with Gasteiger partial charge in [-0.2, -0.15) is 5.10 Å². The van der Waals surface area contributed by atoms with Crippen LogP contribution in [-0.2, 0) is 4.79 Å². The number of carbonyl (C=O) groups excluding carboxylic acids is 2. The predicted molar refractivity (Wildman–Crippen MR) is 125 cm³/mol. The minimum absolute atomic E-state index is 0.163. The molecule has 0 aromatic heterocycles. The Labute approximate surface area is 187 Å². The molecular weight excluding hydrogens is 406 g/mol. The van der Waals surface area contributed by atoms with Gasteiger partial charge in [0.1, 0.15) is 0 Å². The van der Waals surface area contributed by atoms with Crippen molar-refractivity contribution in [1.29, 1.82) is 0 Å². The van der Waals surface area contributed by atoms with Crippen molar-refractivity contribution in [3.63, 3.8) is 0 Å². The molecule has 0 atom stereocenters. The van der Waals surface area contributed by atoms with Crippen LogP contribution >= 0.6 is 0 Å². The highest BCUT2D eigenvalue weighted by Crippen LogP contribution is 2.27. The zero-order chi connectivity index (χ0) is 22.9. The fourth-order valence-electron chi connectivity index (χ4n) is 2.86. The first-order chi connectivity index (χ1) is 15.5. The van der Waals surface area contributed by atoms with Crippen LogP contribution in [-0.4, -0.2) is 31.7 Å². The van der Waals surface area contributed by atoms with Gasteiger partial charge in [0, 0.05) is 11.3 Å². The average Bonchev–Trinajstić information content (AvgIpc) is 2.81. The summed E-state index contributed by atoms with van der Waals surface area (Å²) >= 11 is 0. The summed E-state index contributed by atoms with van der Waals surface area (Å²) in [7, 11) is 1.51. The molecule has 0 spiro atoms. The van der Waals surface area contributed by atoms with Gasteiger partial charge >= 0.3 is 0 Å². The summed E-state index contributed by atoms with van der Waals surface area (Å²) in [6.07, 6.45) is 1.50. The Hall–Kier alpha value is -4.13. The maximum atomic E-state index is 12.2. The molecule has 0 aliphatic rings. The van der Waals surface area contributed by atoms with Gasteiger partial charge in [0.05, 0.1) is 13.3 Å². The summed E-state index contributed by atoms with van der Waals surface area (Å²) in [5.74, 6) is 0.295. The van der Waals surface area contributed by atoms with E-state index in [4.69, 9.17) is 9.47 Å². The Balaban J connectivity index is 1.56. The fourth-order valence-corrected chi connectivity index (χ4v) is 2.86. The van der Waals surface area contributed by atoms with Crippen molar-refractivity contribution in [3.05, 3.63) is 89.0 Å². The Kier molecular flexibility index (Phi) is 7.59. The Bertz CT molecular complexity index is 1130. The molecule has 3 aromatic rings. The number of hydrogen-bond donors (Lipinski definition) is 2. The third-order valence-corrected chi connectivity index (χ3v) is 4.75. The number of aryl methyl sites for hydroxylation is 2. The smallest absolute Gasteiger partial charge is 0.271 e. The van der Waals surface area contributed by atoms with E-state index in [-0.39, 0.29) is 18.4 Å². The van der Waals surface area contributed by atoms with E-state index < -0.39 is 0 Å². The second-order valence-electron chi connectivity index (χ2n) is 7.11. The molecule has 0 fully saturated rings. The summed E-state index contributed by atoms with van der Waals surface area (Å²) < 4.78 is 11.0. The van der Waals surface area contributed by atoms with Crippen LogP contribution in [0.4, 0.5) is 5.69 Å². The average molecular weight is 431 g/mol. The highest BCUT2D eigenvalue weighted by atomic mass is 16.5. The van der Waals surface area contributed by atoms with Gasteiger partial charge in [-0.05, 0) is 73.0 Å². The molecule has 0 radical (unpaired) electrons. The SMILES string of the molecule is COc1cc(/C=N/NC(=O)c2ccccc2)ccc1OCC(=O)Nc1ccc(C)c(C)c1. The fraction of sp³-hybridized carbons (Fsp3) is 0.160. The second-order valence-corrected chi connectivity index (χ2v) is 7.11. The van der Waals surface area contributed by atoms with Crippen molar-refractivity contribution < 1.29 is 19.1 Å². The predicted octanol–water partition coefficient (Wildman–Crippen LogP) is 4.09. The molecular formula is C25H25N3O4. The first-order valence-corrected chi connectivity index (χ1v) is 10.0. The van der Waals surface area contributed by atoms with Crippen molar-refractivity contribution in [2.24, 2.45) is 5.10 Å². The number of ether oxygens (including phenoxy) is 2. The van der Waals surface area contributed by atoms with Gasteiger partial charge in [-0.15, -0.1) is 0 Å². The molecule has 0 heterocycles. The van der Waals surface area contributed by atoms with Crippen molar-refractivity contribution in [1.82, 2.24) is 5.43 Å². The molecule has 3 aromatic carbocycles. The van der Waals surface area contributed by atoms with Crippen molar-refractivity contribution >= 4 is 23.7 Å². The van der Waals surface area contributed by atoms with Crippen molar-refractivity contribution in [2.75, 3.05) is 19.0 Å². The molecule has 7 heteroatoms. The monoisotopic (exact) mass is 431 g/mol. The van der Waals surface area contributed by atoms with E-state index in [0.29, 0.717) is 22.6 Å². The Morgan fingerprint density at radius 2 is 1.72 bits per heavy atom. The lowest BCUT2D eigenvalue weighted by Crippen LogP contribution is -2.20. The summed E-state index contributed by atoms with van der Waals surface area (Å²) in [5, 5.41) is 6.79. The summed E-state index contributed by atoms with van der Waals surface area (Å²) in [5.41, 5.74) is 6.67. The highest BCUT2D eigenvalue weighted by Gasteiger charge is 2.09. The lowest BCUT2D eigenvalue weighted by molar-refractivity contribution is -0.118. The third kappa shape index (κ3) is 6.18. The van der Waals surface area contributed by atoms with Crippen LogP contribution in [0.3, 0.4) is 0 Å². The Morgan fingerprint density at radius 3 is 2.44 bits per heavy atom. The van der Waals surface area contributed by atoms with Crippen LogP contribution in [0.15, 0.2) is 71.8 Å². The van der Waals surface area contributed by atoms with Gasteiger partial charge in [0.2, 0.25) is 0 Å². The van der Waals surface area contributed by atoms with E-state index in [2.05, 4.69) is 15.8 Å². The molecule has 2 amide bonds. The molecule has 3 rings (SSSR count). The van der Waals surface area contributed by atoms with Gasteiger partial charge in [-0.25, -0.2) is 5.43 Å². The number of methoxy groups -OCH3 is 1. The third-order valence-electron chi connectivity index (χ3n) is 4.75.